The third-order valence-corrected chi connectivity index (χ3v) is 4.69. The molecule has 138 valence electrons. The molecule has 0 bridgehead atoms. The van der Waals surface area contributed by atoms with E-state index >= 15 is 0 Å². The summed E-state index contributed by atoms with van der Waals surface area (Å²) in [5.74, 6) is 0.913. The molecule has 3 heterocycles. The van der Waals surface area contributed by atoms with E-state index in [0.717, 1.165) is 42.2 Å². The van der Waals surface area contributed by atoms with Crippen LogP contribution in [0.3, 0.4) is 0 Å². The number of benzene rings is 1. The highest BCUT2D eigenvalue weighted by atomic mass is 16.5. The molecule has 26 heavy (non-hydrogen) atoms. The summed E-state index contributed by atoms with van der Waals surface area (Å²) in [6, 6.07) is 4.15. The Morgan fingerprint density at radius 2 is 2.04 bits per heavy atom. The highest BCUT2D eigenvalue weighted by Crippen LogP contribution is 2.42. The van der Waals surface area contributed by atoms with Crippen molar-refractivity contribution in [3.63, 3.8) is 0 Å². The van der Waals surface area contributed by atoms with E-state index < -0.39 is 6.23 Å². The summed E-state index contributed by atoms with van der Waals surface area (Å²) in [5, 5.41) is 13.8. The Balaban J connectivity index is 1.67. The van der Waals surface area contributed by atoms with E-state index in [2.05, 4.69) is 46.2 Å². The minimum absolute atomic E-state index is 0.216. The van der Waals surface area contributed by atoms with Crippen molar-refractivity contribution in [2.75, 3.05) is 36.5 Å². The largest absolute Gasteiger partial charge is 0.487 e. The van der Waals surface area contributed by atoms with Crippen LogP contribution in [0.4, 0.5) is 11.4 Å². The van der Waals surface area contributed by atoms with Crippen LogP contribution in [-0.4, -0.2) is 47.0 Å². The summed E-state index contributed by atoms with van der Waals surface area (Å²) in [5.41, 5.74) is 3.28. The lowest BCUT2D eigenvalue weighted by Gasteiger charge is -2.31. The molecule has 7 nitrogen and oxygen atoms in total. The number of aliphatic hydroxyl groups is 1. The monoisotopic (exact) mass is 356 g/mol. The molecule has 0 radical (unpaired) electrons. The van der Waals surface area contributed by atoms with Crippen molar-refractivity contribution in [1.29, 1.82) is 0 Å². The van der Waals surface area contributed by atoms with Gasteiger partial charge in [-0.25, -0.2) is 0 Å². The van der Waals surface area contributed by atoms with Gasteiger partial charge in [0.1, 0.15) is 17.0 Å². The maximum absolute atomic E-state index is 10.6. The van der Waals surface area contributed by atoms with Gasteiger partial charge in [0.25, 0.3) is 0 Å². The number of fused-ring (bicyclic) bond motifs is 1. The molecule has 1 unspecified atom stereocenters. The van der Waals surface area contributed by atoms with E-state index in [9.17, 15) is 5.11 Å². The highest BCUT2D eigenvalue weighted by Gasteiger charge is 2.32. The van der Waals surface area contributed by atoms with Crippen molar-refractivity contribution in [3.8, 4) is 5.75 Å². The summed E-state index contributed by atoms with van der Waals surface area (Å²) in [4.78, 5) is 10.5. The fraction of sp³-hybridized carbons (Fsp3) is 0.474. The first kappa shape index (κ1) is 17.1. The first-order valence-electron chi connectivity index (χ1n) is 8.91. The molecule has 0 saturated carbocycles. The second-order valence-corrected chi connectivity index (χ2v) is 7.29. The Kier molecular flexibility index (Phi) is 4.42. The van der Waals surface area contributed by atoms with Gasteiger partial charge in [0.05, 0.1) is 30.8 Å². The van der Waals surface area contributed by atoms with Crippen LogP contribution in [0.15, 0.2) is 30.7 Å². The number of hydrogen-bond donors (Lipinski definition) is 2. The zero-order chi connectivity index (χ0) is 18.1. The summed E-state index contributed by atoms with van der Waals surface area (Å²) >= 11 is 0. The van der Waals surface area contributed by atoms with Gasteiger partial charge in [0, 0.05) is 43.5 Å². The maximum Gasteiger partial charge on any atom is 0.169 e. The van der Waals surface area contributed by atoms with Crippen molar-refractivity contribution < 1.29 is 14.6 Å². The first-order valence-corrected chi connectivity index (χ1v) is 8.91. The molecule has 0 aliphatic carbocycles. The van der Waals surface area contributed by atoms with E-state index in [1.165, 1.54) is 0 Å². The number of aromatic nitrogens is 2. The molecule has 4 rings (SSSR count). The van der Waals surface area contributed by atoms with Crippen LogP contribution in [0.1, 0.15) is 31.3 Å². The molecule has 1 aromatic carbocycles. The molecule has 2 aliphatic rings. The summed E-state index contributed by atoms with van der Waals surface area (Å²) < 4.78 is 11.6. The molecule has 1 saturated heterocycles. The Labute approximate surface area is 153 Å². The number of nitrogens with zero attached hydrogens (tertiary/aromatic N) is 3. The maximum atomic E-state index is 10.6. The van der Waals surface area contributed by atoms with Crippen LogP contribution in [-0.2, 0) is 11.2 Å². The van der Waals surface area contributed by atoms with Crippen molar-refractivity contribution in [2.45, 2.75) is 32.1 Å². The molecule has 1 aromatic heterocycles. The lowest BCUT2D eigenvalue weighted by Crippen LogP contribution is -2.36. The third kappa shape index (κ3) is 3.45. The molecule has 1 fully saturated rings. The Morgan fingerprint density at radius 1 is 1.23 bits per heavy atom. The molecule has 0 spiro atoms. The predicted molar refractivity (Wildman–Crippen MR) is 98.5 cm³/mol. The Hall–Kier alpha value is -2.38. The zero-order valence-electron chi connectivity index (χ0n) is 15.1. The van der Waals surface area contributed by atoms with Crippen molar-refractivity contribution in [2.24, 2.45) is 0 Å². The molecular formula is C19H24N4O3. The van der Waals surface area contributed by atoms with Gasteiger partial charge < -0.3 is 24.8 Å². The van der Waals surface area contributed by atoms with E-state index in [1.54, 1.807) is 18.6 Å². The van der Waals surface area contributed by atoms with E-state index in [1.807, 2.05) is 0 Å². The molecule has 2 aliphatic heterocycles. The molecular weight excluding hydrogens is 332 g/mol. The second-order valence-electron chi connectivity index (χ2n) is 7.29. The fourth-order valence-corrected chi connectivity index (χ4v) is 3.49. The molecule has 7 heteroatoms. The number of rotatable bonds is 4. The smallest absolute Gasteiger partial charge is 0.169 e. The van der Waals surface area contributed by atoms with Gasteiger partial charge in [0.15, 0.2) is 6.23 Å². The lowest BCUT2D eigenvalue weighted by atomic mass is 10.0. The first-order chi connectivity index (χ1) is 12.5. The Morgan fingerprint density at radius 3 is 2.77 bits per heavy atom. The van der Waals surface area contributed by atoms with Gasteiger partial charge in [-0.2, -0.15) is 0 Å². The zero-order valence-corrected chi connectivity index (χ0v) is 15.1. The Bertz CT molecular complexity index is 776. The van der Waals surface area contributed by atoms with Crippen LogP contribution in [0.2, 0.25) is 0 Å². The van der Waals surface area contributed by atoms with Crippen LogP contribution in [0, 0.1) is 0 Å². The number of hydrogen-bond acceptors (Lipinski definition) is 7. The van der Waals surface area contributed by atoms with E-state index in [4.69, 9.17) is 9.47 Å². The van der Waals surface area contributed by atoms with Gasteiger partial charge in [-0.3, -0.25) is 9.97 Å². The minimum atomic E-state index is -0.933. The number of morpholine rings is 1. The van der Waals surface area contributed by atoms with E-state index in [-0.39, 0.29) is 5.60 Å². The number of anilines is 2. The second kappa shape index (κ2) is 6.74. The van der Waals surface area contributed by atoms with E-state index in [0.29, 0.717) is 18.9 Å². The topological polar surface area (TPSA) is 79.7 Å². The van der Waals surface area contributed by atoms with Gasteiger partial charge in [-0.05, 0) is 19.9 Å². The number of aliphatic hydroxyl groups excluding tert-OH is 1. The van der Waals surface area contributed by atoms with Gasteiger partial charge in [-0.1, -0.05) is 0 Å². The van der Waals surface area contributed by atoms with Gasteiger partial charge in [-0.15, -0.1) is 0 Å². The van der Waals surface area contributed by atoms with Crippen LogP contribution >= 0.6 is 0 Å². The van der Waals surface area contributed by atoms with Gasteiger partial charge >= 0.3 is 0 Å². The van der Waals surface area contributed by atoms with Crippen LogP contribution < -0.4 is 15.0 Å². The summed E-state index contributed by atoms with van der Waals surface area (Å²) in [7, 11) is 0. The van der Waals surface area contributed by atoms with Crippen LogP contribution in [0.25, 0.3) is 0 Å². The molecule has 2 N–H and O–H groups in total. The molecule has 0 amide bonds. The van der Waals surface area contributed by atoms with Crippen molar-refractivity contribution in [1.82, 2.24) is 9.97 Å². The average Bonchev–Trinajstić information content (AvgIpc) is 2.95. The highest BCUT2D eigenvalue weighted by molar-refractivity contribution is 5.75. The van der Waals surface area contributed by atoms with Crippen molar-refractivity contribution >= 4 is 11.4 Å². The number of nitrogens with one attached hydrogen (secondary N) is 1. The van der Waals surface area contributed by atoms with Crippen LogP contribution in [0.5, 0.6) is 5.75 Å². The lowest BCUT2D eigenvalue weighted by molar-refractivity contribution is 0.122. The van der Waals surface area contributed by atoms with Crippen molar-refractivity contribution in [3.05, 3.63) is 42.0 Å². The SMILES string of the molecule is CC1(C)Cc2cc(NC(O)c3cnccn3)c(N3CCOCC3)cc2O1. The third-order valence-electron chi connectivity index (χ3n) is 4.69. The normalized spacial score (nSPS) is 19.6. The molecule has 2 aromatic rings. The fourth-order valence-electron chi connectivity index (χ4n) is 3.49. The summed E-state index contributed by atoms with van der Waals surface area (Å²) in [6.07, 6.45) is 4.62. The molecule has 1 atom stereocenters. The number of ether oxygens (including phenoxy) is 2. The standard InChI is InChI=1S/C19H24N4O3/c1-19(2)11-13-9-14(22-18(24)15-12-20-3-4-21-15)16(10-17(13)26-19)23-5-7-25-8-6-23/h3-4,9-10,12,18,22,24H,5-8,11H2,1-2H3. The summed E-state index contributed by atoms with van der Waals surface area (Å²) in [6.45, 7) is 7.16. The van der Waals surface area contributed by atoms with Gasteiger partial charge in [0.2, 0.25) is 0 Å². The minimum Gasteiger partial charge on any atom is -0.487 e. The quantitative estimate of drug-likeness (QED) is 0.813. The average molecular weight is 356 g/mol. The predicted octanol–water partition coefficient (Wildman–Crippen LogP) is 2.13.